The van der Waals surface area contributed by atoms with Gasteiger partial charge in [0.2, 0.25) is 0 Å². The molecule has 0 N–H and O–H groups in total. The van der Waals surface area contributed by atoms with Gasteiger partial charge in [0.05, 0.1) is 13.7 Å². The Balaban J connectivity index is 1.92. The third kappa shape index (κ3) is 2.78. The minimum atomic E-state index is 0.657. The summed E-state index contributed by atoms with van der Waals surface area (Å²) in [4.78, 5) is 0. The molecule has 2 nitrogen and oxygen atoms in total. The van der Waals surface area contributed by atoms with E-state index < -0.39 is 0 Å². The van der Waals surface area contributed by atoms with Crippen LogP contribution in [0.2, 0.25) is 0 Å². The summed E-state index contributed by atoms with van der Waals surface area (Å²) >= 11 is 0. The third-order valence-electron chi connectivity index (χ3n) is 3.97. The van der Waals surface area contributed by atoms with Gasteiger partial charge in [0.15, 0.2) is 0 Å². The highest BCUT2D eigenvalue weighted by atomic mass is 16.5. The average Bonchev–Trinajstić information content (AvgIpc) is 2.91. The standard InChI is InChI=1S/C17H24O2/c1-5-7-8-13(6-2)11-19-17-10-14-12(3)15(17)9-16(14)18-4/h9-10,13H,3,5-8,11H2,1-2,4H3. The molecule has 0 amide bonds. The molecule has 0 saturated heterocycles. The van der Waals surface area contributed by atoms with Crippen molar-refractivity contribution < 1.29 is 9.47 Å². The molecule has 2 aliphatic carbocycles. The second-order valence-electron chi connectivity index (χ2n) is 5.25. The summed E-state index contributed by atoms with van der Waals surface area (Å²) in [6, 6.07) is 0. The van der Waals surface area contributed by atoms with Crippen LogP contribution in [0, 0.1) is 5.92 Å². The van der Waals surface area contributed by atoms with Crippen LogP contribution in [0.4, 0.5) is 0 Å². The molecule has 0 aliphatic heterocycles. The lowest BCUT2D eigenvalue weighted by Crippen LogP contribution is -2.09. The normalized spacial score (nSPS) is 18.6. The van der Waals surface area contributed by atoms with Crippen LogP contribution in [0.1, 0.15) is 39.5 Å². The fraction of sp³-hybridized carbons (Fsp3) is 0.529. The molecule has 0 heterocycles. The number of rotatable bonds is 8. The molecule has 0 radical (unpaired) electrons. The van der Waals surface area contributed by atoms with Crippen molar-refractivity contribution in [3.05, 3.63) is 47.0 Å². The SMILES string of the molecule is C=C1C2=CC(OC)=C1C=C2OCC(CC)CCCC. The first kappa shape index (κ1) is 14.0. The van der Waals surface area contributed by atoms with Crippen molar-refractivity contribution in [2.75, 3.05) is 13.7 Å². The Morgan fingerprint density at radius 3 is 2.58 bits per heavy atom. The van der Waals surface area contributed by atoms with Crippen LogP contribution in [0.3, 0.4) is 0 Å². The van der Waals surface area contributed by atoms with Gasteiger partial charge in [-0.15, -0.1) is 0 Å². The molecule has 2 heteroatoms. The van der Waals surface area contributed by atoms with Crippen LogP contribution in [0.25, 0.3) is 0 Å². The van der Waals surface area contributed by atoms with E-state index in [1.54, 1.807) is 7.11 Å². The molecular weight excluding hydrogens is 236 g/mol. The molecule has 0 fully saturated rings. The Hall–Kier alpha value is -1.44. The lowest BCUT2D eigenvalue weighted by atomic mass is 10.0. The van der Waals surface area contributed by atoms with Gasteiger partial charge in [0.25, 0.3) is 0 Å². The van der Waals surface area contributed by atoms with Crippen molar-refractivity contribution in [3.8, 4) is 0 Å². The molecule has 2 bridgehead atoms. The number of ether oxygens (including phenoxy) is 2. The predicted octanol–water partition coefficient (Wildman–Crippen LogP) is 4.51. The first-order chi connectivity index (χ1) is 9.21. The van der Waals surface area contributed by atoms with Gasteiger partial charge < -0.3 is 9.47 Å². The molecule has 0 spiro atoms. The van der Waals surface area contributed by atoms with Crippen molar-refractivity contribution in [2.45, 2.75) is 39.5 Å². The van der Waals surface area contributed by atoms with Gasteiger partial charge >= 0.3 is 0 Å². The Morgan fingerprint density at radius 1 is 1.26 bits per heavy atom. The quantitative estimate of drug-likeness (QED) is 0.639. The van der Waals surface area contributed by atoms with Crippen LogP contribution < -0.4 is 0 Å². The first-order valence-electron chi connectivity index (χ1n) is 7.25. The number of unbranched alkanes of at least 4 members (excludes halogenated alkanes) is 1. The monoisotopic (exact) mass is 260 g/mol. The minimum absolute atomic E-state index is 0.657. The van der Waals surface area contributed by atoms with Crippen molar-refractivity contribution >= 4 is 0 Å². The number of fused-ring (bicyclic) bond motifs is 2. The van der Waals surface area contributed by atoms with E-state index in [0.29, 0.717) is 5.92 Å². The van der Waals surface area contributed by atoms with Gasteiger partial charge in [0.1, 0.15) is 11.5 Å². The molecule has 0 aromatic carbocycles. The third-order valence-corrected chi connectivity index (χ3v) is 3.97. The smallest absolute Gasteiger partial charge is 0.128 e. The fourth-order valence-electron chi connectivity index (χ4n) is 2.57. The van der Waals surface area contributed by atoms with E-state index >= 15 is 0 Å². The maximum atomic E-state index is 5.99. The maximum absolute atomic E-state index is 5.99. The topological polar surface area (TPSA) is 18.5 Å². The Kier molecular flexibility index (Phi) is 4.52. The number of hydrogen-bond donors (Lipinski definition) is 0. The highest BCUT2D eigenvalue weighted by molar-refractivity contribution is 5.72. The van der Waals surface area contributed by atoms with Crippen molar-refractivity contribution in [1.29, 1.82) is 0 Å². The molecule has 0 aromatic heterocycles. The highest BCUT2D eigenvalue weighted by Crippen LogP contribution is 2.43. The van der Waals surface area contributed by atoms with E-state index in [-0.39, 0.29) is 0 Å². The minimum Gasteiger partial charge on any atom is -0.496 e. The summed E-state index contributed by atoms with van der Waals surface area (Å²) < 4.78 is 11.3. The molecule has 19 heavy (non-hydrogen) atoms. The summed E-state index contributed by atoms with van der Waals surface area (Å²) in [7, 11) is 1.69. The van der Waals surface area contributed by atoms with Gasteiger partial charge in [-0.3, -0.25) is 0 Å². The van der Waals surface area contributed by atoms with E-state index in [4.69, 9.17) is 9.47 Å². The molecule has 0 aromatic rings. The van der Waals surface area contributed by atoms with Crippen molar-refractivity contribution in [1.82, 2.24) is 0 Å². The Morgan fingerprint density at radius 2 is 2.05 bits per heavy atom. The highest BCUT2D eigenvalue weighted by Gasteiger charge is 2.30. The predicted molar refractivity (Wildman–Crippen MR) is 78.6 cm³/mol. The number of allylic oxidation sites excluding steroid dienone is 4. The lowest BCUT2D eigenvalue weighted by Gasteiger charge is -2.17. The molecular formula is C17H24O2. The van der Waals surface area contributed by atoms with Gasteiger partial charge in [-0.1, -0.05) is 39.7 Å². The van der Waals surface area contributed by atoms with Crippen LogP contribution in [0.5, 0.6) is 0 Å². The zero-order chi connectivity index (χ0) is 13.8. The summed E-state index contributed by atoms with van der Waals surface area (Å²) in [5.41, 5.74) is 3.21. The molecule has 1 unspecified atom stereocenters. The van der Waals surface area contributed by atoms with Gasteiger partial charge in [-0.2, -0.15) is 0 Å². The van der Waals surface area contributed by atoms with E-state index in [1.807, 2.05) is 6.08 Å². The summed E-state index contributed by atoms with van der Waals surface area (Å²) in [6.45, 7) is 9.37. The van der Waals surface area contributed by atoms with E-state index in [0.717, 1.165) is 34.8 Å². The van der Waals surface area contributed by atoms with E-state index in [9.17, 15) is 0 Å². The van der Waals surface area contributed by atoms with Crippen molar-refractivity contribution in [3.63, 3.8) is 0 Å². The Labute approximate surface area is 116 Å². The lowest BCUT2D eigenvalue weighted by molar-refractivity contribution is 0.163. The summed E-state index contributed by atoms with van der Waals surface area (Å²) in [6.07, 6.45) is 9.06. The largest absolute Gasteiger partial charge is 0.496 e. The molecule has 104 valence electrons. The summed E-state index contributed by atoms with van der Waals surface area (Å²) in [5.74, 6) is 2.53. The van der Waals surface area contributed by atoms with E-state index in [1.165, 1.54) is 25.7 Å². The van der Waals surface area contributed by atoms with Crippen LogP contribution in [0.15, 0.2) is 47.0 Å². The van der Waals surface area contributed by atoms with Crippen LogP contribution in [-0.2, 0) is 9.47 Å². The maximum Gasteiger partial charge on any atom is 0.128 e. The van der Waals surface area contributed by atoms with Crippen LogP contribution in [-0.4, -0.2) is 13.7 Å². The van der Waals surface area contributed by atoms with Gasteiger partial charge in [-0.25, -0.2) is 0 Å². The second kappa shape index (κ2) is 6.14. The second-order valence-corrected chi connectivity index (χ2v) is 5.25. The first-order valence-corrected chi connectivity index (χ1v) is 7.25. The summed E-state index contributed by atoms with van der Waals surface area (Å²) in [5, 5.41) is 0. The van der Waals surface area contributed by atoms with Crippen molar-refractivity contribution in [2.24, 2.45) is 5.92 Å². The fourth-order valence-corrected chi connectivity index (χ4v) is 2.57. The number of methoxy groups -OCH3 is 1. The Bertz CT molecular complexity index is 452. The zero-order valence-corrected chi connectivity index (χ0v) is 12.3. The number of hydrogen-bond acceptors (Lipinski definition) is 2. The van der Waals surface area contributed by atoms with Gasteiger partial charge in [0, 0.05) is 11.1 Å². The molecule has 1 atom stereocenters. The molecule has 2 rings (SSSR count). The van der Waals surface area contributed by atoms with Gasteiger partial charge in [-0.05, 0) is 30.1 Å². The molecule has 2 aliphatic rings. The average molecular weight is 260 g/mol. The van der Waals surface area contributed by atoms with E-state index in [2.05, 4.69) is 26.5 Å². The zero-order valence-electron chi connectivity index (χ0n) is 12.3. The molecule has 0 saturated carbocycles. The van der Waals surface area contributed by atoms with Crippen LogP contribution >= 0.6 is 0 Å².